The van der Waals surface area contributed by atoms with Crippen LogP contribution < -0.4 is 0 Å². The third-order valence-electron chi connectivity index (χ3n) is 3.78. The van der Waals surface area contributed by atoms with Crippen molar-refractivity contribution in [1.82, 2.24) is 0 Å². The standard InChI is InChI=1S/C13H14F9IO/c14-9(7-8(23)5-3-1-2-4-6-24)10(15,16)12(19,20)13(21,22)11(9,17)18/h7,24H,1-6H2. The fraction of sp³-hybridized carbons (Fsp3) is 0.846. The van der Waals surface area contributed by atoms with Gasteiger partial charge in [-0.3, -0.25) is 0 Å². The van der Waals surface area contributed by atoms with Gasteiger partial charge in [0.2, 0.25) is 0 Å². The molecule has 0 heterocycles. The van der Waals surface area contributed by atoms with Gasteiger partial charge in [-0.25, -0.2) is 4.39 Å². The summed E-state index contributed by atoms with van der Waals surface area (Å²) in [6, 6.07) is 0. The molecule has 11 heteroatoms. The van der Waals surface area contributed by atoms with E-state index >= 15 is 0 Å². The van der Waals surface area contributed by atoms with E-state index in [4.69, 9.17) is 5.11 Å². The molecule has 0 aliphatic heterocycles. The number of unbranched alkanes of at least 4 members (excludes halogenated alkanes) is 3. The summed E-state index contributed by atoms with van der Waals surface area (Å²) in [7, 11) is 0. The highest BCUT2D eigenvalue weighted by Gasteiger charge is 3.00. The molecule has 0 bridgehead atoms. The van der Waals surface area contributed by atoms with Crippen LogP contribution in [0.3, 0.4) is 0 Å². The Morgan fingerprint density at radius 3 is 1.54 bits per heavy atom. The second-order valence-electron chi connectivity index (χ2n) is 5.49. The fourth-order valence-corrected chi connectivity index (χ4v) is 3.09. The number of aliphatic hydroxyl groups is 1. The molecule has 1 rings (SSSR count). The molecule has 0 aromatic rings. The van der Waals surface area contributed by atoms with Crippen LogP contribution in [-0.4, -0.2) is 41.1 Å². The number of hydrogen-bond acceptors (Lipinski definition) is 1. The van der Waals surface area contributed by atoms with Gasteiger partial charge in [0.1, 0.15) is 0 Å². The summed E-state index contributed by atoms with van der Waals surface area (Å²) in [6.45, 7) is -0.0941. The minimum absolute atomic E-state index is 0.0941. The summed E-state index contributed by atoms with van der Waals surface area (Å²) in [4.78, 5) is 0. The Bertz CT molecular complexity index is 464. The highest BCUT2D eigenvalue weighted by Crippen LogP contribution is 2.69. The molecule has 0 aromatic heterocycles. The van der Waals surface area contributed by atoms with Crippen LogP contribution in [0.1, 0.15) is 32.1 Å². The molecule has 1 nitrogen and oxygen atoms in total. The number of alkyl halides is 9. The van der Waals surface area contributed by atoms with Gasteiger partial charge in [-0.2, -0.15) is 35.1 Å². The summed E-state index contributed by atoms with van der Waals surface area (Å²) >= 11 is 1.17. The highest BCUT2D eigenvalue weighted by molar-refractivity contribution is 14.1. The van der Waals surface area contributed by atoms with E-state index in [1.54, 1.807) is 0 Å². The van der Waals surface area contributed by atoms with Gasteiger partial charge in [0, 0.05) is 6.61 Å². The van der Waals surface area contributed by atoms with Crippen LogP contribution >= 0.6 is 22.6 Å². The van der Waals surface area contributed by atoms with E-state index in [1.807, 2.05) is 0 Å². The molecule has 1 saturated carbocycles. The quantitative estimate of drug-likeness (QED) is 0.287. The molecule has 0 unspecified atom stereocenters. The number of allylic oxidation sites excluding steroid dienone is 2. The van der Waals surface area contributed by atoms with Crippen LogP contribution in [0.2, 0.25) is 0 Å². The van der Waals surface area contributed by atoms with E-state index in [0.29, 0.717) is 19.3 Å². The molecular formula is C13H14F9IO. The van der Waals surface area contributed by atoms with E-state index in [1.165, 1.54) is 22.6 Å². The van der Waals surface area contributed by atoms with Gasteiger partial charge >= 0.3 is 23.7 Å². The normalized spacial score (nSPS) is 26.5. The second kappa shape index (κ2) is 6.84. The summed E-state index contributed by atoms with van der Waals surface area (Å²) in [5.41, 5.74) is -5.51. The van der Waals surface area contributed by atoms with Crippen LogP contribution in [0.5, 0.6) is 0 Å². The third kappa shape index (κ3) is 2.92. The fourth-order valence-electron chi connectivity index (χ4n) is 2.28. The van der Waals surface area contributed by atoms with Crippen LogP contribution in [0, 0.1) is 0 Å². The molecule has 1 aliphatic carbocycles. The van der Waals surface area contributed by atoms with Crippen molar-refractivity contribution in [2.24, 2.45) is 0 Å². The lowest BCUT2D eigenvalue weighted by molar-refractivity contribution is -0.303. The van der Waals surface area contributed by atoms with Crippen LogP contribution in [0.25, 0.3) is 0 Å². The number of rotatable bonds is 7. The topological polar surface area (TPSA) is 20.2 Å². The summed E-state index contributed by atoms with van der Waals surface area (Å²) in [6.07, 6.45) is 0.842. The van der Waals surface area contributed by atoms with Gasteiger partial charge in [0.25, 0.3) is 5.67 Å². The molecule has 0 radical (unpaired) electrons. The maximum Gasteiger partial charge on any atom is 0.382 e. The summed E-state index contributed by atoms with van der Waals surface area (Å²) < 4.78 is 120. The molecule has 1 N–H and O–H groups in total. The minimum atomic E-state index is -6.53. The van der Waals surface area contributed by atoms with E-state index in [9.17, 15) is 39.5 Å². The number of aliphatic hydroxyl groups excluding tert-OH is 1. The Kier molecular flexibility index (Phi) is 6.23. The number of halogens is 10. The van der Waals surface area contributed by atoms with Crippen molar-refractivity contribution < 1.29 is 44.6 Å². The average molecular weight is 484 g/mol. The molecule has 0 aromatic carbocycles. The molecule has 0 saturated heterocycles. The molecule has 1 aliphatic rings. The van der Waals surface area contributed by atoms with Crippen molar-refractivity contribution >= 4 is 22.6 Å². The lowest BCUT2D eigenvalue weighted by Gasteiger charge is -2.28. The lowest BCUT2D eigenvalue weighted by atomic mass is 9.95. The SMILES string of the molecule is OCCCCCCC(I)=CC1(F)C(F)(F)C(F)(F)C(F)(F)C1(F)F. The van der Waals surface area contributed by atoms with Crippen molar-refractivity contribution in [3.05, 3.63) is 9.66 Å². The third-order valence-corrected chi connectivity index (χ3v) is 4.63. The largest absolute Gasteiger partial charge is 0.396 e. The molecule has 0 spiro atoms. The van der Waals surface area contributed by atoms with Crippen LogP contribution in [0.15, 0.2) is 9.66 Å². The molecule has 0 atom stereocenters. The van der Waals surface area contributed by atoms with Crippen molar-refractivity contribution in [3.8, 4) is 0 Å². The zero-order valence-corrected chi connectivity index (χ0v) is 14.2. The van der Waals surface area contributed by atoms with Crippen molar-refractivity contribution in [1.29, 1.82) is 0 Å². The minimum Gasteiger partial charge on any atom is -0.396 e. The summed E-state index contributed by atoms with van der Waals surface area (Å²) in [5.74, 6) is -25.6. The van der Waals surface area contributed by atoms with Crippen molar-refractivity contribution in [2.75, 3.05) is 6.61 Å². The first kappa shape index (κ1) is 21.8. The van der Waals surface area contributed by atoms with Gasteiger partial charge in [0.05, 0.1) is 0 Å². The number of hydrogen-bond donors (Lipinski definition) is 1. The van der Waals surface area contributed by atoms with Crippen LogP contribution in [-0.2, 0) is 0 Å². The van der Waals surface area contributed by atoms with Crippen molar-refractivity contribution in [3.63, 3.8) is 0 Å². The second-order valence-corrected chi connectivity index (χ2v) is 6.87. The maximum atomic E-state index is 14.2. The Balaban J connectivity index is 3.09. The summed E-state index contributed by atoms with van der Waals surface area (Å²) in [5, 5.41) is 8.54. The predicted octanol–water partition coefficient (Wildman–Crippen LogP) is 5.51. The van der Waals surface area contributed by atoms with E-state index in [-0.39, 0.29) is 19.4 Å². The molecule has 1 fully saturated rings. The van der Waals surface area contributed by atoms with Gasteiger partial charge in [-0.05, 0) is 51.5 Å². The highest BCUT2D eigenvalue weighted by atomic mass is 127. The Morgan fingerprint density at radius 1 is 0.708 bits per heavy atom. The zero-order chi connectivity index (χ0) is 19.0. The zero-order valence-electron chi connectivity index (χ0n) is 12.0. The smallest absolute Gasteiger partial charge is 0.382 e. The van der Waals surface area contributed by atoms with Gasteiger partial charge < -0.3 is 5.11 Å². The molecular weight excluding hydrogens is 470 g/mol. The van der Waals surface area contributed by atoms with Gasteiger partial charge in [-0.1, -0.05) is 12.8 Å². The van der Waals surface area contributed by atoms with E-state index < -0.39 is 39.0 Å². The Hall–Kier alpha value is -0.200. The predicted molar refractivity (Wildman–Crippen MR) is 75.9 cm³/mol. The average Bonchev–Trinajstić information content (AvgIpc) is 2.49. The molecule has 142 valence electrons. The van der Waals surface area contributed by atoms with E-state index in [0.717, 1.165) is 0 Å². The molecule has 24 heavy (non-hydrogen) atoms. The van der Waals surface area contributed by atoms with Gasteiger partial charge in [0.15, 0.2) is 0 Å². The molecule has 0 amide bonds. The monoisotopic (exact) mass is 484 g/mol. The van der Waals surface area contributed by atoms with Crippen molar-refractivity contribution in [2.45, 2.75) is 61.5 Å². The maximum absolute atomic E-state index is 14.2. The lowest BCUT2D eigenvalue weighted by Crippen LogP contribution is -2.53. The Labute approximate surface area is 145 Å². The van der Waals surface area contributed by atoms with Gasteiger partial charge in [-0.15, -0.1) is 0 Å². The van der Waals surface area contributed by atoms with E-state index in [2.05, 4.69) is 0 Å². The van der Waals surface area contributed by atoms with Crippen LogP contribution in [0.4, 0.5) is 39.5 Å². The first-order valence-corrected chi connectivity index (χ1v) is 7.97. The first-order valence-electron chi connectivity index (χ1n) is 6.89. The first-order chi connectivity index (χ1) is 10.7. The Morgan fingerprint density at radius 2 is 1.12 bits per heavy atom.